The number of hydrogen-bond donors (Lipinski definition) is 1. The van der Waals surface area contributed by atoms with Crippen molar-refractivity contribution in [1.82, 2.24) is 9.97 Å². The van der Waals surface area contributed by atoms with E-state index < -0.39 is 18.0 Å². The van der Waals surface area contributed by atoms with Crippen LogP contribution in [0.25, 0.3) is 10.9 Å². The quantitative estimate of drug-likeness (QED) is 0.419. The summed E-state index contributed by atoms with van der Waals surface area (Å²) in [6.45, 7) is 1.51. The molecule has 3 aromatic rings. The number of nitrogens with one attached hydrogen (secondary N) is 1. The number of aromatic nitrogens is 2. The zero-order valence-corrected chi connectivity index (χ0v) is 18.5. The van der Waals surface area contributed by atoms with E-state index in [0.717, 1.165) is 54.3 Å². The summed E-state index contributed by atoms with van der Waals surface area (Å²) in [4.78, 5) is 34.6. The van der Waals surface area contributed by atoms with Crippen LogP contribution < -0.4 is 5.32 Å². The van der Waals surface area contributed by atoms with Crippen LogP contribution in [0.2, 0.25) is 10.0 Å². The number of amides is 1. The van der Waals surface area contributed by atoms with E-state index in [1.165, 1.54) is 19.2 Å². The Morgan fingerprint density at radius 1 is 1.13 bits per heavy atom. The molecule has 4 rings (SSSR count). The third-order valence-corrected chi connectivity index (χ3v) is 5.82. The third-order valence-electron chi connectivity index (χ3n) is 5.33. The molecule has 1 aliphatic carbocycles. The Bertz CT molecular complexity index is 1170. The van der Waals surface area contributed by atoms with Gasteiger partial charge < -0.3 is 10.1 Å². The number of ether oxygens (including phenoxy) is 1. The first-order chi connectivity index (χ1) is 14.9. The molecule has 1 aromatic carbocycles. The first kappa shape index (κ1) is 21.5. The molecule has 2 aromatic heterocycles. The summed E-state index contributed by atoms with van der Waals surface area (Å²) in [5.74, 6) is -0.911. The summed E-state index contributed by atoms with van der Waals surface area (Å²) < 4.78 is 5.57. The number of rotatable bonds is 4. The molecule has 0 saturated carbocycles. The Morgan fingerprint density at radius 2 is 1.90 bits per heavy atom. The minimum Gasteiger partial charge on any atom is -0.449 e. The van der Waals surface area contributed by atoms with Crippen molar-refractivity contribution in [2.45, 2.75) is 45.1 Å². The van der Waals surface area contributed by atoms with Gasteiger partial charge in [-0.05, 0) is 50.3 Å². The van der Waals surface area contributed by atoms with Gasteiger partial charge in [-0.3, -0.25) is 9.78 Å². The first-order valence-electron chi connectivity index (χ1n) is 10.2. The van der Waals surface area contributed by atoms with Crippen molar-refractivity contribution >= 4 is 51.8 Å². The maximum Gasteiger partial charge on any atom is 0.339 e. The lowest BCUT2D eigenvalue weighted by Gasteiger charge is -2.18. The van der Waals surface area contributed by atoms with Gasteiger partial charge >= 0.3 is 5.97 Å². The SMILES string of the molecule is CC(OC(=O)c1c2c(nc3ccccc13)CCCCC2)C(=O)Nc1ncc(Cl)cc1Cl. The Hall–Kier alpha value is -2.70. The maximum atomic E-state index is 13.2. The first-order valence-corrected chi connectivity index (χ1v) is 10.9. The predicted octanol–water partition coefficient (Wildman–Crippen LogP) is 5.39. The molecule has 1 aliphatic rings. The molecule has 0 aliphatic heterocycles. The monoisotopic (exact) mass is 457 g/mol. The Labute approximate surface area is 189 Å². The smallest absolute Gasteiger partial charge is 0.339 e. The van der Waals surface area contributed by atoms with Crippen LogP contribution in [-0.4, -0.2) is 27.9 Å². The van der Waals surface area contributed by atoms with Gasteiger partial charge in [-0.1, -0.05) is 47.8 Å². The lowest BCUT2D eigenvalue weighted by atomic mass is 9.97. The number of benzene rings is 1. The van der Waals surface area contributed by atoms with E-state index in [4.69, 9.17) is 32.9 Å². The highest BCUT2D eigenvalue weighted by Crippen LogP contribution is 2.30. The fourth-order valence-electron chi connectivity index (χ4n) is 3.78. The molecule has 31 heavy (non-hydrogen) atoms. The second-order valence-corrected chi connectivity index (χ2v) is 8.35. The van der Waals surface area contributed by atoms with Gasteiger partial charge in [0.05, 0.1) is 21.1 Å². The molecule has 8 heteroatoms. The van der Waals surface area contributed by atoms with Crippen LogP contribution in [0.5, 0.6) is 0 Å². The van der Waals surface area contributed by atoms with Crippen LogP contribution in [0, 0.1) is 0 Å². The summed E-state index contributed by atoms with van der Waals surface area (Å²) in [5, 5.41) is 3.87. The second kappa shape index (κ2) is 9.20. The predicted molar refractivity (Wildman–Crippen MR) is 121 cm³/mol. The van der Waals surface area contributed by atoms with E-state index in [9.17, 15) is 9.59 Å². The van der Waals surface area contributed by atoms with Crippen LogP contribution in [0.1, 0.15) is 47.8 Å². The molecule has 0 saturated heterocycles. The third kappa shape index (κ3) is 4.65. The lowest BCUT2D eigenvalue weighted by Crippen LogP contribution is -2.31. The Kier molecular flexibility index (Phi) is 6.39. The number of carbonyl (C=O) groups is 2. The number of pyridine rings is 2. The van der Waals surface area contributed by atoms with Gasteiger partial charge in [-0.2, -0.15) is 0 Å². The number of fused-ring (bicyclic) bond motifs is 2. The number of carbonyl (C=O) groups excluding carboxylic acids is 2. The van der Waals surface area contributed by atoms with Crippen LogP contribution >= 0.6 is 23.2 Å². The molecule has 1 unspecified atom stereocenters. The topological polar surface area (TPSA) is 81.2 Å². The Morgan fingerprint density at radius 3 is 2.71 bits per heavy atom. The zero-order valence-electron chi connectivity index (χ0n) is 17.0. The average molecular weight is 458 g/mol. The Balaban J connectivity index is 1.60. The van der Waals surface area contributed by atoms with Crippen molar-refractivity contribution in [2.24, 2.45) is 0 Å². The molecular weight excluding hydrogens is 437 g/mol. The fourth-order valence-corrected chi connectivity index (χ4v) is 4.21. The molecule has 6 nitrogen and oxygen atoms in total. The molecule has 0 spiro atoms. The number of nitrogens with zero attached hydrogens (tertiary/aromatic N) is 2. The molecule has 1 amide bonds. The van der Waals surface area contributed by atoms with Crippen molar-refractivity contribution in [2.75, 3.05) is 5.32 Å². The fraction of sp³-hybridized carbons (Fsp3) is 0.304. The summed E-state index contributed by atoms with van der Waals surface area (Å²) in [6.07, 6.45) is 5.05. The number of hydrogen-bond acceptors (Lipinski definition) is 5. The molecule has 1 atom stereocenters. The standard InChI is InChI=1S/C23H21Cl2N3O3/c1-13(22(29)28-21-17(25)11-14(24)12-26-21)31-23(30)20-15-7-3-2-4-9-18(15)27-19-10-6-5-8-16(19)20/h5-6,8,10-13H,2-4,7,9H2,1H3,(H,26,28,29). The minimum absolute atomic E-state index is 0.155. The van der Waals surface area contributed by atoms with Crippen LogP contribution in [0.4, 0.5) is 5.82 Å². The normalized spacial score (nSPS) is 14.4. The zero-order chi connectivity index (χ0) is 22.0. The minimum atomic E-state index is -1.05. The summed E-state index contributed by atoms with van der Waals surface area (Å²) in [6, 6.07) is 9.00. The van der Waals surface area contributed by atoms with Gasteiger partial charge in [0, 0.05) is 17.3 Å². The highest BCUT2D eigenvalue weighted by atomic mass is 35.5. The van der Waals surface area contributed by atoms with Crippen molar-refractivity contribution in [3.63, 3.8) is 0 Å². The van der Waals surface area contributed by atoms with E-state index in [1.54, 1.807) is 0 Å². The van der Waals surface area contributed by atoms with Crippen molar-refractivity contribution in [1.29, 1.82) is 0 Å². The van der Waals surface area contributed by atoms with E-state index >= 15 is 0 Å². The number of halogens is 2. The lowest BCUT2D eigenvalue weighted by molar-refractivity contribution is -0.123. The van der Waals surface area contributed by atoms with Gasteiger partial charge in [-0.15, -0.1) is 0 Å². The van der Waals surface area contributed by atoms with Gasteiger partial charge in [0.2, 0.25) is 0 Å². The van der Waals surface area contributed by atoms with Crippen LogP contribution in [-0.2, 0) is 22.4 Å². The highest BCUT2D eigenvalue weighted by Gasteiger charge is 2.26. The molecular formula is C23H21Cl2N3O3. The van der Waals surface area contributed by atoms with E-state index in [1.807, 2.05) is 24.3 Å². The molecule has 0 radical (unpaired) electrons. The molecule has 0 fully saturated rings. The molecule has 2 heterocycles. The van der Waals surface area contributed by atoms with E-state index in [0.29, 0.717) is 10.6 Å². The number of aryl methyl sites for hydroxylation is 1. The van der Waals surface area contributed by atoms with Crippen LogP contribution in [0.15, 0.2) is 36.5 Å². The average Bonchev–Trinajstić information content (AvgIpc) is 2.98. The maximum absolute atomic E-state index is 13.2. The van der Waals surface area contributed by atoms with Crippen LogP contribution in [0.3, 0.4) is 0 Å². The summed E-state index contributed by atoms with van der Waals surface area (Å²) in [7, 11) is 0. The molecule has 160 valence electrons. The van der Waals surface area contributed by atoms with Gasteiger partial charge in [0.25, 0.3) is 5.91 Å². The number of para-hydroxylation sites is 1. The van der Waals surface area contributed by atoms with Crippen molar-refractivity contribution in [3.05, 3.63) is 63.4 Å². The van der Waals surface area contributed by atoms with Crippen molar-refractivity contribution in [3.8, 4) is 0 Å². The van der Waals surface area contributed by atoms with E-state index in [-0.39, 0.29) is 10.8 Å². The highest BCUT2D eigenvalue weighted by molar-refractivity contribution is 6.36. The van der Waals surface area contributed by atoms with Gasteiger partial charge in [0.15, 0.2) is 11.9 Å². The van der Waals surface area contributed by atoms with Crippen molar-refractivity contribution < 1.29 is 14.3 Å². The second-order valence-electron chi connectivity index (χ2n) is 7.51. The summed E-state index contributed by atoms with van der Waals surface area (Å²) >= 11 is 11.9. The summed E-state index contributed by atoms with van der Waals surface area (Å²) in [5.41, 5.74) is 3.13. The van der Waals surface area contributed by atoms with Gasteiger partial charge in [0.1, 0.15) is 0 Å². The number of esters is 1. The number of anilines is 1. The molecule has 0 bridgehead atoms. The largest absolute Gasteiger partial charge is 0.449 e. The molecule has 1 N–H and O–H groups in total. The van der Waals surface area contributed by atoms with Gasteiger partial charge in [-0.25, -0.2) is 9.78 Å². The van der Waals surface area contributed by atoms with E-state index in [2.05, 4.69) is 10.3 Å².